The summed E-state index contributed by atoms with van der Waals surface area (Å²) >= 11 is 2.11. The van der Waals surface area contributed by atoms with Gasteiger partial charge in [-0.05, 0) is 40.3 Å². The van der Waals surface area contributed by atoms with Crippen LogP contribution in [0.2, 0.25) is 0 Å². The van der Waals surface area contributed by atoms with Crippen LogP contribution in [0.4, 0.5) is 0 Å². The van der Waals surface area contributed by atoms with E-state index in [-0.39, 0.29) is 6.61 Å². The topological polar surface area (TPSA) is 464 Å². The zero-order valence-corrected chi connectivity index (χ0v) is 41.0. The first-order chi connectivity index (χ1) is 35.3. The normalized spacial score (nSPS) is 50.6. The van der Waals surface area contributed by atoms with Crippen LogP contribution in [-0.2, 0) is 68.2 Å². The van der Waals surface area contributed by atoms with E-state index in [2.05, 4.69) is 22.6 Å². The van der Waals surface area contributed by atoms with Crippen LogP contribution in [0, 0.1) is 3.57 Å². The van der Waals surface area contributed by atoms with Crippen molar-refractivity contribution in [2.24, 2.45) is 0 Å². The summed E-state index contributed by atoms with van der Waals surface area (Å²) in [4.78, 5) is 0. The van der Waals surface area contributed by atoms with Gasteiger partial charge in [-0.3, -0.25) is 0 Å². The highest BCUT2D eigenvalue weighted by molar-refractivity contribution is 14.1. The van der Waals surface area contributed by atoms with Gasteiger partial charge in [0.15, 0.2) is 37.7 Å². The first-order valence-corrected chi connectivity index (χ1v) is 24.8. The Morgan fingerprint density at radius 1 is 0.311 bits per heavy atom. The van der Waals surface area contributed by atoms with E-state index in [1.54, 1.807) is 12.1 Å². The molecule has 74 heavy (non-hydrogen) atoms. The number of halogens is 1. The first kappa shape index (κ1) is 58.9. The van der Waals surface area contributed by atoms with Crippen molar-refractivity contribution in [2.45, 2.75) is 191 Å². The molecule has 12 bridgehead atoms. The summed E-state index contributed by atoms with van der Waals surface area (Å²) in [6.07, 6.45) is -58.0. The van der Waals surface area contributed by atoms with Gasteiger partial charge in [-0.1, -0.05) is 12.1 Å². The third-order valence-corrected chi connectivity index (χ3v) is 14.7. The minimum Gasteiger partial charge on any atom is -0.394 e. The Morgan fingerprint density at radius 2 is 0.527 bits per heavy atom. The summed E-state index contributed by atoms with van der Waals surface area (Å²) in [6, 6.07) is 7.15. The van der Waals surface area contributed by atoms with E-state index < -0.39 is 224 Å². The maximum atomic E-state index is 11.7. The Labute approximate surface area is 433 Å². The Bertz CT molecular complexity index is 1890. The van der Waals surface area contributed by atoms with Crippen molar-refractivity contribution in [3.63, 3.8) is 0 Å². The molecule has 1 aromatic carbocycles. The third-order valence-electron chi connectivity index (χ3n) is 14.0. The van der Waals surface area contributed by atoms with E-state index in [1.807, 2.05) is 12.1 Å². The number of rotatable bonds is 9. The summed E-state index contributed by atoms with van der Waals surface area (Å²) in [6.45, 7) is -5.47. The van der Waals surface area contributed by atoms with Gasteiger partial charge in [-0.25, -0.2) is 0 Å². The average molecular weight is 1190 g/mol. The lowest BCUT2D eigenvalue weighted by atomic mass is 9.94. The summed E-state index contributed by atoms with van der Waals surface area (Å²) in [7, 11) is 0. The van der Waals surface area contributed by atoms with Crippen molar-refractivity contribution in [2.75, 3.05) is 39.6 Å². The van der Waals surface area contributed by atoms with Gasteiger partial charge in [0.1, 0.15) is 146 Å². The monoisotopic (exact) mass is 1190 g/mol. The van der Waals surface area contributed by atoms with Gasteiger partial charge >= 0.3 is 0 Å². The minimum absolute atomic E-state index is 0.0452. The van der Waals surface area contributed by atoms with Crippen LogP contribution in [-0.4, -0.2) is 311 Å². The lowest BCUT2D eigenvalue weighted by Crippen LogP contribution is -2.69. The predicted octanol–water partition coefficient (Wildman–Crippen LogP) is -10.2. The van der Waals surface area contributed by atoms with Gasteiger partial charge in [0.25, 0.3) is 0 Å². The molecule has 0 unspecified atom stereocenters. The zero-order valence-electron chi connectivity index (χ0n) is 38.9. The molecule has 0 aliphatic carbocycles. The molecule has 0 spiro atoms. The minimum atomic E-state index is -2.15. The van der Waals surface area contributed by atoms with Crippen LogP contribution in [0.1, 0.15) is 5.56 Å². The van der Waals surface area contributed by atoms with E-state index in [9.17, 15) is 86.8 Å². The summed E-state index contributed by atoms with van der Waals surface area (Å²) < 4.78 is 76.4. The fourth-order valence-electron chi connectivity index (χ4n) is 9.79. The summed E-state index contributed by atoms with van der Waals surface area (Å²) in [5.74, 6) is 0. The Morgan fingerprint density at radius 3 is 0.757 bits per heavy atom. The molecular weight excluding hydrogens is 1120 g/mol. The van der Waals surface area contributed by atoms with Gasteiger partial charge in [-0.2, -0.15) is 0 Å². The highest BCUT2D eigenvalue weighted by Gasteiger charge is 2.58. The van der Waals surface area contributed by atoms with Crippen LogP contribution in [0.15, 0.2) is 24.3 Å². The second-order valence-electron chi connectivity index (χ2n) is 18.8. The first-order valence-electron chi connectivity index (χ1n) is 23.7. The zero-order chi connectivity index (χ0) is 53.4. The molecule has 22 heterocycles. The number of hydrogen-bond acceptors (Lipinski definition) is 30. The van der Waals surface area contributed by atoms with Crippen LogP contribution < -0.4 is 0 Å². The molecule has 0 radical (unpaired) electrons. The third kappa shape index (κ3) is 12.1. The molecule has 30 nitrogen and oxygen atoms in total. The van der Waals surface area contributed by atoms with E-state index in [1.165, 1.54) is 0 Å². The van der Waals surface area contributed by atoms with E-state index in [0.717, 1.165) is 3.57 Å². The molecule has 22 saturated heterocycles. The molecule has 22 aliphatic heterocycles. The molecule has 424 valence electrons. The molecule has 22 fully saturated rings. The maximum absolute atomic E-state index is 11.7. The SMILES string of the molecule is OC[C@H]1O[C@@H]2O[C@H]3[C@H](O)[C@@H](O)[C@@H](O[C@H]4[C@H](O)[C@@H](O)[C@@H](O[C@H]5[C@H](O)[C@@H](O)[C@@H](O[C@H]6[C@H](O)[C@@H](O)[C@@H](O[C@H]7[C@H](O)[C@@H](O)[C@@H](O[C@H]1[C@H](O)[C@H]2O)O[C@@H]7CO)O[C@@H]6CO)O[C@@H]5COCc1ccc(I)cc1)O[C@@H]4CO)O[C@@H]3CO. The molecule has 23 rings (SSSR count). The molecule has 1 aromatic rings. The van der Waals surface area contributed by atoms with Crippen molar-refractivity contribution >= 4 is 22.6 Å². The smallest absolute Gasteiger partial charge is 0.187 e. The average Bonchev–Trinajstić information content (AvgIpc) is 3.39. The summed E-state index contributed by atoms with van der Waals surface area (Å²) in [5, 5.41) is 189. The Kier molecular flexibility index (Phi) is 20.3. The van der Waals surface area contributed by atoms with E-state index >= 15 is 0 Å². The van der Waals surface area contributed by atoms with Crippen molar-refractivity contribution in [3.8, 4) is 0 Å². The molecule has 0 saturated carbocycles. The van der Waals surface area contributed by atoms with E-state index in [4.69, 9.17) is 61.6 Å². The number of aliphatic hydroxyl groups is 17. The quantitative estimate of drug-likeness (QED) is 0.102. The Hall–Kier alpha value is -1.25. The Balaban J connectivity index is 1.10. The molecular formula is C43H65IO30. The largest absolute Gasteiger partial charge is 0.394 e. The molecule has 17 N–H and O–H groups in total. The predicted molar refractivity (Wildman–Crippen MR) is 238 cm³/mol. The van der Waals surface area contributed by atoms with Crippen LogP contribution in [0.3, 0.4) is 0 Å². The van der Waals surface area contributed by atoms with Crippen LogP contribution >= 0.6 is 22.6 Å². The van der Waals surface area contributed by atoms with Gasteiger partial charge in [0, 0.05) is 3.57 Å². The number of ether oxygens (including phenoxy) is 13. The number of aliphatic hydroxyl groups excluding tert-OH is 17. The highest BCUT2D eigenvalue weighted by Crippen LogP contribution is 2.38. The molecule has 0 amide bonds. The molecule has 22 aliphatic rings. The van der Waals surface area contributed by atoms with Crippen molar-refractivity contribution in [1.82, 2.24) is 0 Å². The van der Waals surface area contributed by atoms with Crippen LogP contribution in [0.5, 0.6) is 0 Å². The van der Waals surface area contributed by atoms with E-state index in [0.29, 0.717) is 5.56 Å². The number of benzene rings is 1. The maximum Gasteiger partial charge on any atom is 0.187 e. The van der Waals surface area contributed by atoms with Crippen molar-refractivity contribution < 1.29 is 148 Å². The molecule has 30 atom stereocenters. The molecule has 0 aromatic heterocycles. The van der Waals surface area contributed by atoms with Gasteiger partial charge in [-0.15, -0.1) is 0 Å². The fourth-order valence-corrected chi connectivity index (χ4v) is 10.1. The second kappa shape index (κ2) is 25.5. The standard InChI is InChI=1S/C43H65IO30/c44-13-3-1-12(2-4-13)10-62-11-19-37-25(55)31(61)43(68-19)73-36-18(9-49)66-41(29(59)23(36)53)71-34-16(7-47)64-39(27(57)21(34)51)69-32-14(5-45)63-38(26(56)20(32)50)70-33-15(6-46)65-40(28(58)22(33)52)72-35-17(8-48)67-42(74-37)30(60)24(35)54/h1-4,14-43,45-61H,5-11H2/t14-,15-,16-,17-,18-,19-,20-,21-,22-,23-,24-,25-,26-,27-,28-,29-,30-,31-,32-,33-,34-,35-,36-,37-,38-,39-,40-,41-,42-,43-/m1/s1. The fraction of sp³-hybridized carbons (Fsp3) is 0.860. The highest BCUT2D eigenvalue weighted by atomic mass is 127. The summed E-state index contributed by atoms with van der Waals surface area (Å²) in [5.41, 5.74) is 0.690. The van der Waals surface area contributed by atoms with Crippen molar-refractivity contribution in [1.29, 1.82) is 0 Å². The van der Waals surface area contributed by atoms with Crippen LogP contribution in [0.25, 0.3) is 0 Å². The van der Waals surface area contributed by atoms with Gasteiger partial charge < -0.3 is 148 Å². The van der Waals surface area contributed by atoms with Gasteiger partial charge in [0.2, 0.25) is 0 Å². The molecule has 31 heteroatoms. The van der Waals surface area contributed by atoms with Crippen molar-refractivity contribution in [3.05, 3.63) is 33.4 Å². The lowest BCUT2D eigenvalue weighted by Gasteiger charge is -2.50. The second-order valence-corrected chi connectivity index (χ2v) is 20.0. The number of hydrogen-bond donors (Lipinski definition) is 17. The van der Waals surface area contributed by atoms with Gasteiger partial charge in [0.05, 0.1) is 46.2 Å². The lowest BCUT2D eigenvalue weighted by molar-refractivity contribution is -0.404.